The van der Waals surface area contributed by atoms with Crippen LogP contribution in [0.1, 0.15) is 155 Å². The van der Waals surface area contributed by atoms with E-state index < -0.39 is 0 Å². The van der Waals surface area contributed by atoms with Crippen molar-refractivity contribution in [3.63, 3.8) is 0 Å². The minimum Gasteiger partial charge on any atom is -0.323 e. The van der Waals surface area contributed by atoms with Crippen molar-refractivity contribution in [3.05, 3.63) is 0 Å². The van der Waals surface area contributed by atoms with E-state index in [4.69, 9.17) is 0 Å². The third-order valence-corrected chi connectivity index (χ3v) is 9.55. The molecule has 0 aromatic heterocycles. The molecule has 2 nitrogen and oxygen atoms in total. The Labute approximate surface area is 228 Å². The molecule has 0 aliphatic carbocycles. The Morgan fingerprint density at radius 1 is 0.389 bits per heavy atom. The van der Waals surface area contributed by atoms with Crippen LogP contribution in [0.2, 0.25) is 0 Å². The summed E-state index contributed by atoms with van der Waals surface area (Å²) in [6.07, 6.45) is 31.1. The summed E-state index contributed by atoms with van der Waals surface area (Å²) in [7, 11) is 0. The second kappa shape index (κ2) is 20.4. The van der Waals surface area contributed by atoms with E-state index in [0.717, 1.165) is 12.8 Å². The first-order valence-corrected chi connectivity index (χ1v) is 16.9. The molecule has 2 saturated heterocycles. The molecule has 2 rings (SSSR count). The normalized spacial score (nSPS) is 19.1. The third-order valence-electron chi connectivity index (χ3n) is 9.55. The van der Waals surface area contributed by atoms with E-state index in [1.54, 1.807) is 0 Å². The molecule has 0 aromatic rings. The van der Waals surface area contributed by atoms with E-state index >= 15 is 0 Å². The predicted octanol–water partition coefficient (Wildman–Crippen LogP) is 9.27. The van der Waals surface area contributed by atoms with Gasteiger partial charge in [-0.15, -0.1) is 0 Å². The Morgan fingerprint density at radius 3 is 1.08 bits per heavy atom. The number of likely N-dealkylation sites (tertiary alicyclic amines) is 2. The van der Waals surface area contributed by atoms with E-state index in [-0.39, 0.29) is 0 Å². The maximum Gasteiger partial charge on any atom is 0.0897 e. The zero-order valence-electron chi connectivity index (χ0n) is 25.1. The molecule has 0 atom stereocenters. The van der Waals surface area contributed by atoms with Crippen LogP contribution in [-0.2, 0) is 0 Å². The summed E-state index contributed by atoms with van der Waals surface area (Å²) in [5.74, 6) is 7.32. The van der Waals surface area contributed by atoms with Gasteiger partial charge in [-0.3, -0.25) is 0 Å². The Balaban J connectivity index is 1.68. The summed E-state index contributed by atoms with van der Waals surface area (Å²) < 4.78 is 2.78. The van der Waals surface area contributed by atoms with Gasteiger partial charge in [0.25, 0.3) is 0 Å². The molecule has 0 spiro atoms. The van der Waals surface area contributed by atoms with E-state index in [0.29, 0.717) is 0 Å². The average Bonchev–Trinajstić information content (AvgIpc) is 2.91. The summed E-state index contributed by atoms with van der Waals surface area (Å²) in [4.78, 5) is 0. The van der Waals surface area contributed by atoms with Crippen molar-refractivity contribution in [2.75, 3.05) is 52.4 Å². The number of unbranched alkanes of at least 4 members (excludes halogenated alkanes) is 12. The van der Waals surface area contributed by atoms with Gasteiger partial charge < -0.3 is 8.97 Å². The molecule has 0 N–H and O–H groups in total. The number of nitrogens with zero attached hydrogens (tertiary/aromatic N) is 2. The van der Waals surface area contributed by atoms with Crippen molar-refractivity contribution in [1.29, 1.82) is 0 Å². The third kappa shape index (κ3) is 13.9. The highest BCUT2D eigenvalue weighted by atomic mass is 15.4. The topological polar surface area (TPSA) is 0 Å². The Bertz CT molecular complexity index is 511. The summed E-state index contributed by atoms with van der Waals surface area (Å²) in [5, 5.41) is 0. The highest BCUT2D eigenvalue weighted by molar-refractivity contribution is 4.98. The number of rotatable bonds is 20. The van der Waals surface area contributed by atoms with Crippen molar-refractivity contribution in [1.82, 2.24) is 0 Å². The molecule has 2 fully saturated rings. The molecule has 36 heavy (non-hydrogen) atoms. The minimum atomic E-state index is 1.13. The fourth-order valence-corrected chi connectivity index (χ4v) is 7.06. The summed E-state index contributed by atoms with van der Waals surface area (Å²) >= 11 is 0. The van der Waals surface area contributed by atoms with Gasteiger partial charge in [0.1, 0.15) is 0 Å². The van der Waals surface area contributed by atoms with Crippen molar-refractivity contribution in [2.24, 2.45) is 0 Å². The molecule has 2 heterocycles. The van der Waals surface area contributed by atoms with Crippen LogP contribution in [0.15, 0.2) is 0 Å². The molecule has 0 amide bonds. The number of hydrogen-bond donors (Lipinski definition) is 0. The van der Waals surface area contributed by atoms with Crippen LogP contribution in [0.5, 0.6) is 0 Å². The van der Waals surface area contributed by atoms with Crippen molar-refractivity contribution in [2.45, 2.75) is 155 Å². The second-order valence-corrected chi connectivity index (χ2v) is 12.7. The van der Waals surface area contributed by atoms with Gasteiger partial charge in [-0.2, -0.15) is 0 Å². The van der Waals surface area contributed by atoms with E-state index in [1.165, 1.54) is 190 Å². The van der Waals surface area contributed by atoms with Gasteiger partial charge in [0, 0.05) is 0 Å². The molecule has 0 unspecified atom stereocenters. The monoisotopic (exact) mass is 503 g/mol. The lowest BCUT2D eigenvalue weighted by atomic mass is 10.0. The zero-order chi connectivity index (χ0) is 25.6. The first kappa shape index (κ1) is 31.7. The number of quaternary nitrogens is 2. The molecule has 0 saturated carbocycles. The average molecular weight is 503 g/mol. The summed E-state index contributed by atoms with van der Waals surface area (Å²) in [6.45, 7) is 15.8. The Morgan fingerprint density at radius 2 is 0.722 bits per heavy atom. The highest BCUT2D eigenvalue weighted by Gasteiger charge is 2.29. The van der Waals surface area contributed by atoms with Crippen LogP contribution in [0, 0.1) is 11.8 Å². The highest BCUT2D eigenvalue weighted by Crippen LogP contribution is 2.23. The lowest BCUT2D eigenvalue weighted by molar-refractivity contribution is -0.932. The van der Waals surface area contributed by atoms with Crippen LogP contribution >= 0.6 is 0 Å². The van der Waals surface area contributed by atoms with Gasteiger partial charge in [-0.1, -0.05) is 89.9 Å². The van der Waals surface area contributed by atoms with Crippen LogP contribution in [0.3, 0.4) is 0 Å². The first-order chi connectivity index (χ1) is 17.7. The Kier molecular flexibility index (Phi) is 18.0. The molecular weight excluding hydrogens is 436 g/mol. The standard InChI is InChI=1S/C34H66N2/c1-3-5-7-9-11-13-19-27-35(31-23-17-24-32-35)29-21-15-16-22-30-36(33-25-18-26-34-36)28-20-14-12-10-8-6-4-2/h3-14,17-34H2,1-2H3/q+2. The van der Waals surface area contributed by atoms with Crippen LogP contribution < -0.4 is 0 Å². The lowest BCUT2D eigenvalue weighted by Gasteiger charge is -2.41. The van der Waals surface area contributed by atoms with Gasteiger partial charge in [-0.05, 0) is 64.2 Å². The molecule has 0 radical (unpaired) electrons. The number of piperidine rings is 2. The summed E-state index contributed by atoms with van der Waals surface area (Å²) in [6, 6.07) is 0. The quantitative estimate of drug-likeness (QED) is 0.0883. The smallest absolute Gasteiger partial charge is 0.0897 e. The van der Waals surface area contributed by atoms with Gasteiger partial charge >= 0.3 is 0 Å². The molecule has 0 bridgehead atoms. The molecule has 2 heteroatoms. The summed E-state index contributed by atoms with van der Waals surface area (Å²) in [5.41, 5.74) is 0. The fourth-order valence-electron chi connectivity index (χ4n) is 7.06. The van der Waals surface area contributed by atoms with Crippen molar-refractivity contribution < 1.29 is 8.97 Å². The Hall–Kier alpha value is -0.520. The van der Waals surface area contributed by atoms with Gasteiger partial charge in [-0.25, -0.2) is 0 Å². The molecule has 2 aliphatic heterocycles. The van der Waals surface area contributed by atoms with Crippen molar-refractivity contribution >= 4 is 0 Å². The predicted molar refractivity (Wildman–Crippen MR) is 160 cm³/mol. The molecule has 210 valence electrons. The van der Waals surface area contributed by atoms with Gasteiger partial charge in [0.05, 0.1) is 65.2 Å². The molecular formula is C34H66N2+2. The van der Waals surface area contributed by atoms with Crippen LogP contribution in [0.4, 0.5) is 0 Å². The van der Waals surface area contributed by atoms with E-state index in [1.807, 2.05) is 0 Å². The van der Waals surface area contributed by atoms with E-state index in [9.17, 15) is 0 Å². The van der Waals surface area contributed by atoms with Crippen LogP contribution in [0.25, 0.3) is 0 Å². The lowest BCUT2D eigenvalue weighted by Crippen LogP contribution is -2.52. The van der Waals surface area contributed by atoms with Crippen molar-refractivity contribution in [3.8, 4) is 11.8 Å². The maximum atomic E-state index is 3.66. The fraction of sp³-hybridized carbons (Fsp3) is 0.941. The van der Waals surface area contributed by atoms with E-state index in [2.05, 4.69) is 25.7 Å². The minimum absolute atomic E-state index is 1.13. The second-order valence-electron chi connectivity index (χ2n) is 12.7. The first-order valence-electron chi connectivity index (χ1n) is 16.9. The number of hydrogen-bond acceptors (Lipinski definition) is 0. The maximum absolute atomic E-state index is 3.66. The van der Waals surface area contributed by atoms with Gasteiger partial charge in [0.15, 0.2) is 0 Å². The van der Waals surface area contributed by atoms with Gasteiger partial charge in [0.2, 0.25) is 0 Å². The molecule has 2 aliphatic rings. The zero-order valence-corrected chi connectivity index (χ0v) is 25.1. The molecule has 0 aromatic carbocycles. The van der Waals surface area contributed by atoms with Crippen LogP contribution in [-0.4, -0.2) is 61.3 Å². The largest absolute Gasteiger partial charge is 0.323 e. The SMILES string of the molecule is CCCCCCCCC[N+]1(CCC#CCC[N+]2(CCCCCCCCC)CCCCC2)CCCCC1.